The minimum Gasteiger partial charge on any atom is -0.422 e. The lowest BCUT2D eigenvalue weighted by atomic mass is 10.1. The summed E-state index contributed by atoms with van der Waals surface area (Å²) in [5, 5.41) is -1.75. The quantitative estimate of drug-likeness (QED) is 0.0642. The maximum absolute atomic E-state index is 15.3. The van der Waals surface area contributed by atoms with Crippen LogP contribution in [0.4, 0.5) is 0 Å². The average molecular weight is 693 g/mol. The number of ether oxygens (including phenoxy) is 2. The summed E-state index contributed by atoms with van der Waals surface area (Å²) in [7, 11) is -9.21. The maximum atomic E-state index is 15.3. The van der Waals surface area contributed by atoms with Crippen molar-refractivity contribution in [3.63, 3.8) is 0 Å². The summed E-state index contributed by atoms with van der Waals surface area (Å²) in [5.41, 5.74) is 2.62. The first kappa shape index (κ1) is 35.4. The molecule has 0 spiro atoms. The van der Waals surface area contributed by atoms with E-state index in [1.807, 2.05) is 24.3 Å². The summed E-state index contributed by atoms with van der Waals surface area (Å²) in [5.74, 6) is -5.01. The first-order chi connectivity index (χ1) is 23.1. The summed E-state index contributed by atoms with van der Waals surface area (Å²) in [6, 6.07) is 35.8. The molecule has 1 heterocycles. The molecule has 0 bridgehead atoms. The molecule has 4 aromatic rings. The van der Waals surface area contributed by atoms with Gasteiger partial charge >= 0.3 is 27.1 Å². The molecule has 12 heteroatoms. The molecule has 0 aromatic heterocycles. The Bertz CT molecular complexity index is 1510. The van der Waals surface area contributed by atoms with Crippen molar-refractivity contribution in [2.45, 2.75) is 57.9 Å². The molecule has 0 unspecified atom stereocenters. The summed E-state index contributed by atoms with van der Waals surface area (Å²) in [6.45, 7) is 2.04. The van der Waals surface area contributed by atoms with Crippen LogP contribution in [0.1, 0.15) is 42.5 Å². The summed E-state index contributed by atoms with van der Waals surface area (Å²) in [6.07, 6.45) is -0.630. The molecule has 252 valence electrons. The number of hydrogen-bond acceptors (Lipinski definition) is 10. The minimum absolute atomic E-state index is 0.201. The molecule has 1 aliphatic heterocycles. The average Bonchev–Trinajstić information content (AvgIpc) is 3.09. The van der Waals surface area contributed by atoms with E-state index in [-0.39, 0.29) is 26.4 Å². The molecule has 1 fully saturated rings. The summed E-state index contributed by atoms with van der Waals surface area (Å²) >= 11 is 0. The van der Waals surface area contributed by atoms with Gasteiger partial charge in [-0.15, -0.1) is 0 Å². The zero-order valence-electron chi connectivity index (χ0n) is 26.7. The van der Waals surface area contributed by atoms with E-state index in [2.05, 4.69) is 0 Å². The van der Waals surface area contributed by atoms with Gasteiger partial charge in [-0.1, -0.05) is 121 Å². The zero-order chi connectivity index (χ0) is 34.0. The third-order valence-electron chi connectivity index (χ3n) is 7.45. The second-order valence-corrected chi connectivity index (χ2v) is 16.5. The van der Waals surface area contributed by atoms with Crippen LogP contribution in [0.15, 0.2) is 121 Å². The van der Waals surface area contributed by atoms with E-state index in [0.717, 1.165) is 0 Å². The third kappa shape index (κ3) is 9.60. The highest BCUT2D eigenvalue weighted by molar-refractivity contribution is 7.72. The van der Waals surface area contributed by atoms with E-state index < -0.39 is 50.7 Å². The number of rotatable bonds is 16. The molecule has 10 nitrogen and oxygen atoms in total. The number of benzene rings is 4. The fraction of sp³-hybridized carbons (Fsp3) is 0.278. The Balaban J connectivity index is 1.58. The number of esters is 2. The van der Waals surface area contributed by atoms with Crippen molar-refractivity contribution in [1.29, 1.82) is 0 Å². The van der Waals surface area contributed by atoms with Crippen LogP contribution in [-0.2, 0) is 72.7 Å². The number of hydrogen-bond donors (Lipinski definition) is 0. The Morgan fingerprint density at radius 3 is 1.08 bits per heavy atom. The second-order valence-electron chi connectivity index (χ2n) is 11.6. The van der Waals surface area contributed by atoms with E-state index in [4.69, 9.17) is 27.6 Å². The van der Waals surface area contributed by atoms with Crippen LogP contribution in [0.3, 0.4) is 0 Å². The smallest absolute Gasteiger partial charge is 0.346 e. The van der Waals surface area contributed by atoms with Crippen LogP contribution in [0.5, 0.6) is 0 Å². The molecular formula is C36H38O10P2. The molecule has 4 aromatic carbocycles. The van der Waals surface area contributed by atoms with Crippen LogP contribution in [0.25, 0.3) is 0 Å². The van der Waals surface area contributed by atoms with Gasteiger partial charge in [-0.05, 0) is 28.7 Å². The van der Waals surface area contributed by atoms with Crippen LogP contribution >= 0.6 is 15.2 Å². The van der Waals surface area contributed by atoms with Crippen molar-refractivity contribution in [1.82, 2.24) is 0 Å². The van der Waals surface area contributed by atoms with Crippen molar-refractivity contribution in [2.75, 3.05) is 0 Å². The van der Waals surface area contributed by atoms with Crippen LogP contribution < -0.4 is 0 Å². The van der Waals surface area contributed by atoms with Gasteiger partial charge in [-0.2, -0.15) is 0 Å². The molecule has 1 aliphatic rings. The van der Waals surface area contributed by atoms with Crippen molar-refractivity contribution in [3.8, 4) is 0 Å². The van der Waals surface area contributed by atoms with Gasteiger partial charge in [0.15, 0.2) is 11.3 Å². The molecule has 0 saturated carbocycles. The lowest BCUT2D eigenvalue weighted by molar-refractivity contribution is -0.240. The van der Waals surface area contributed by atoms with Gasteiger partial charge < -0.3 is 27.6 Å². The standard InChI is InChI=1S/C36H38O10P2/c1-36(2)45-34(37)32(35(38)46-36)23-33(47(39,41-24-28-15-7-3-8-16-28)42-25-29-17-9-4-10-18-29)48(40,43-26-30-19-11-5-12-20-30)44-27-31-21-13-6-14-22-31/h3-22,32-33H,23-27H2,1-2H3. The van der Waals surface area contributed by atoms with Gasteiger partial charge in [0.2, 0.25) is 0 Å². The minimum atomic E-state index is -4.61. The molecule has 0 radical (unpaired) electrons. The molecule has 5 rings (SSSR count). The predicted octanol–water partition coefficient (Wildman–Crippen LogP) is 8.41. The lowest BCUT2D eigenvalue weighted by Gasteiger charge is -2.36. The van der Waals surface area contributed by atoms with Gasteiger partial charge in [0.05, 0.1) is 26.4 Å². The molecular weight excluding hydrogens is 654 g/mol. The van der Waals surface area contributed by atoms with Gasteiger partial charge in [0.25, 0.3) is 5.79 Å². The van der Waals surface area contributed by atoms with E-state index in [9.17, 15) is 9.59 Å². The van der Waals surface area contributed by atoms with E-state index in [1.54, 1.807) is 97.1 Å². The monoisotopic (exact) mass is 692 g/mol. The van der Waals surface area contributed by atoms with Gasteiger partial charge in [0.1, 0.15) is 0 Å². The van der Waals surface area contributed by atoms with Gasteiger partial charge in [0, 0.05) is 13.8 Å². The van der Waals surface area contributed by atoms with Crippen LogP contribution in [0.2, 0.25) is 0 Å². The first-order valence-corrected chi connectivity index (χ1v) is 18.7. The Labute approximate surface area is 280 Å². The first-order valence-electron chi connectivity index (χ1n) is 15.4. The van der Waals surface area contributed by atoms with Crippen molar-refractivity contribution in [2.24, 2.45) is 5.92 Å². The van der Waals surface area contributed by atoms with Crippen molar-refractivity contribution >= 4 is 27.1 Å². The molecule has 0 atom stereocenters. The highest BCUT2D eigenvalue weighted by atomic mass is 31.2. The molecule has 48 heavy (non-hydrogen) atoms. The Kier molecular flexibility index (Phi) is 11.8. The Morgan fingerprint density at radius 2 is 0.812 bits per heavy atom. The Hall–Kier alpha value is -3.88. The van der Waals surface area contributed by atoms with E-state index in [0.29, 0.717) is 22.3 Å². The molecule has 1 saturated heterocycles. The SMILES string of the molecule is CC1(C)OC(=O)C(CC(P(=O)(OCc2ccccc2)OCc2ccccc2)P(=O)(OCc2ccccc2)OCc2ccccc2)C(=O)O1. The highest BCUT2D eigenvalue weighted by Gasteiger charge is 2.56. The van der Waals surface area contributed by atoms with Crippen molar-refractivity contribution < 1.29 is 46.3 Å². The third-order valence-corrected chi connectivity index (χ3v) is 13.0. The zero-order valence-corrected chi connectivity index (χ0v) is 28.5. The second kappa shape index (κ2) is 16.0. The molecule has 0 aliphatic carbocycles. The summed E-state index contributed by atoms with van der Waals surface area (Å²) < 4.78 is 65.7. The topological polar surface area (TPSA) is 124 Å². The maximum Gasteiger partial charge on any atom is 0.346 e. The highest BCUT2D eigenvalue weighted by Crippen LogP contribution is 2.73. The van der Waals surface area contributed by atoms with Gasteiger partial charge in [-0.25, -0.2) is 0 Å². The predicted molar refractivity (Wildman–Crippen MR) is 178 cm³/mol. The Morgan fingerprint density at radius 1 is 0.542 bits per heavy atom. The number of carbonyl (C=O) groups is 2. The lowest BCUT2D eigenvalue weighted by Crippen LogP contribution is -2.47. The number of cyclic esters (lactones) is 2. The van der Waals surface area contributed by atoms with E-state index in [1.165, 1.54) is 13.8 Å². The van der Waals surface area contributed by atoms with Gasteiger partial charge in [-0.3, -0.25) is 18.7 Å². The van der Waals surface area contributed by atoms with Crippen LogP contribution in [-0.4, -0.2) is 23.1 Å². The number of carbonyl (C=O) groups excluding carboxylic acids is 2. The van der Waals surface area contributed by atoms with E-state index >= 15 is 9.13 Å². The van der Waals surface area contributed by atoms with Crippen molar-refractivity contribution in [3.05, 3.63) is 144 Å². The summed E-state index contributed by atoms with van der Waals surface area (Å²) in [4.78, 5) is 26.5. The largest absolute Gasteiger partial charge is 0.422 e. The fourth-order valence-corrected chi connectivity index (χ4v) is 10.2. The molecule has 0 N–H and O–H groups in total. The molecule has 0 amide bonds. The van der Waals surface area contributed by atoms with Crippen LogP contribution in [0, 0.1) is 5.92 Å². The normalized spacial score (nSPS) is 15.2. The fourth-order valence-electron chi connectivity index (χ4n) is 4.95.